The Balaban J connectivity index is -0.0000000302. The van der Waals surface area contributed by atoms with Gasteiger partial charge >= 0.3 is 0 Å². The predicted molar refractivity (Wildman–Crippen MR) is 123 cm³/mol. The van der Waals surface area contributed by atoms with Crippen molar-refractivity contribution < 1.29 is 39.9 Å². The second-order valence-corrected chi connectivity index (χ2v) is 17.5. The van der Waals surface area contributed by atoms with E-state index in [1.807, 2.05) is 0 Å². The maximum Gasteiger partial charge on any atom is 0.0899 e. The molecule has 0 aromatic heterocycles. The van der Waals surface area contributed by atoms with Crippen LogP contribution in [0.2, 0.25) is 0 Å². The van der Waals surface area contributed by atoms with Crippen molar-refractivity contribution in [1.29, 1.82) is 0 Å². The molecule has 0 fully saturated rings. The van der Waals surface area contributed by atoms with Gasteiger partial charge in [0, 0.05) is 127 Å². The van der Waals surface area contributed by atoms with Gasteiger partial charge in [-0.05, 0) is 31.7 Å². The summed E-state index contributed by atoms with van der Waals surface area (Å²) in [6, 6.07) is 0. The van der Waals surface area contributed by atoms with Crippen LogP contribution >= 0.6 is 31.7 Å². The first-order valence-electron chi connectivity index (χ1n) is 6.41. The molecule has 0 aliphatic carbocycles. The van der Waals surface area contributed by atoms with Crippen molar-refractivity contribution in [3.8, 4) is 0 Å². The molecule has 0 N–H and O–H groups in total. The van der Waals surface area contributed by atoms with E-state index < -0.39 is 0 Å². The van der Waals surface area contributed by atoms with Crippen molar-refractivity contribution in [2.45, 2.75) is 0 Å². The molecule has 0 aliphatic heterocycles. The minimum Gasteiger partial charge on any atom is -0.00165 e. The second kappa shape index (κ2) is 31.1. The van der Waals surface area contributed by atoms with E-state index in [2.05, 4.69) is 53.3 Å². The molecule has 21 heavy (non-hydrogen) atoms. The van der Waals surface area contributed by atoms with E-state index in [1.54, 1.807) is 0 Å². The van der Waals surface area contributed by atoms with E-state index >= 15 is 0 Å². The van der Waals surface area contributed by atoms with Gasteiger partial charge in [0.15, 0.2) is 0 Å². The average Bonchev–Trinajstić information content (AvgIpc) is 2.12. The Bertz CT molecular complexity index is 121. The molecule has 0 nitrogen and oxygen atoms in total. The standard InChI is InChI=1S/2C6H16P2.4B.Th/c2*1-7(2)5-6-8(3)4;;;;;/h2*5-6H2,1-4H3;;;;;/p+4. The third-order valence-electron chi connectivity index (χ3n) is 2.25. The summed E-state index contributed by atoms with van der Waals surface area (Å²) >= 11 is 0. The predicted octanol–water partition coefficient (Wildman–Crippen LogP) is 2.34. The van der Waals surface area contributed by atoms with Crippen LogP contribution in [0.25, 0.3) is 0 Å². The van der Waals surface area contributed by atoms with E-state index in [4.69, 9.17) is 0 Å². The van der Waals surface area contributed by atoms with Gasteiger partial charge in [-0.25, -0.2) is 0 Å². The summed E-state index contributed by atoms with van der Waals surface area (Å²) < 4.78 is 0. The van der Waals surface area contributed by atoms with Crippen LogP contribution in [0.4, 0.5) is 0 Å². The molecule has 0 aromatic rings. The molecule has 12 radical (unpaired) electrons. The normalized spacial score (nSPS) is 8.57. The summed E-state index contributed by atoms with van der Waals surface area (Å²) in [5, 5.41) is 0. The van der Waals surface area contributed by atoms with Gasteiger partial charge < -0.3 is 0 Å². The van der Waals surface area contributed by atoms with E-state index in [0.717, 1.165) is 0 Å². The van der Waals surface area contributed by atoms with Gasteiger partial charge in [0.05, 0.1) is 24.6 Å². The fraction of sp³-hybridized carbons (Fsp3) is 1.00. The van der Waals surface area contributed by atoms with Crippen molar-refractivity contribution in [3.05, 3.63) is 0 Å². The Morgan fingerprint density at radius 1 is 0.381 bits per heavy atom. The van der Waals surface area contributed by atoms with Crippen molar-refractivity contribution >= 4 is 65.3 Å². The monoisotopic (exact) mass is 580 g/mol. The number of hydrogen-bond donors (Lipinski definition) is 0. The van der Waals surface area contributed by atoms with Crippen LogP contribution in [-0.2, 0) is 0 Å². The van der Waals surface area contributed by atoms with E-state index in [-0.39, 0.29) is 105 Å². The fourth-order valence-electron chi connectivity index (χ4n) is 1.000. The van der Waals surface area contributed by atoms with Gasteiger partial charge in [-0.3, -0.25) is 0 Å². The molecule has 0 atom stereocenters. The topological polar surface area (TPSA) is 0 Å². The molecule has 0 saturated heterocycles. The Morgan fingerprint density at radius 3 is 0.524 bits per heavy atom. The number of rotatable bonds is 6. The van der Waals surface area contributed by atoms with E-state index in [1.165, 1.54) is 24.6 Å². The molecule has 0 unspecified atom stereocenters. The zero-order valence-electron chi connectivity index (χ0n) is 15.6. The molecule has 0 aliphatic rings. The van der Waals surface area contributed by atoms with E-state index in [0.29, 0.717) is 0 Å². The number of hydrogen-bond acceptors (Lipinski definition) is 0. The van der Waals surface area contributed by atoms with Gasteiger partial charge in [0.1, 0.15) is 0 Å². The van der Waals surface area contributed by atoms with E-state index in [9.17, 15) is 0 Å². The summed E-state index contributed by atoms with van der Waals surface area (Å²) in [5.41, 5.74) is 0. The van der Waals surface area contributed by atoms with Gasteiger partial charge in [-0.15, -0.1) is 0 Å². The Morgan fingerprint density at radius 2 is 0.476 bits per heavy atom. The first-order chi connectivity index (χ1) is 7.25. The van der Waals surface area contributed by atoms with Crippen LogP contribution in [0.15, 0.2) is 0 Å². The zero-order valence-corrected chi connectivity index (χ0v) is 23.7. The molecule has 0 heterocycles. The largest absolute Gasteiger partial charge is 0.0899 e. The van der Waals surface area contributed by atoms with Crippen LogP contribution in [0.3, 0.4) is 0 Å². The summed E-state index contributed by atoms with van der Waals surface area (Å²) in [5.74, 6) is 0. The van der Waals surface area contributed by atoms with Gasteiger partial charge in [0.25, 0.3) is 0 Å². The molecule has 0 saturated carbocycles. The van der Waals surface area contributed by atoms with Crippen LogP contribution in [0, 0.1) is 39.9 Å². The first-order valence-corrected chi connectivity index (χ1v) is 17.2. The molecular formula is C12H36B4P4Th+4. The molecule has 0 bridgehead atoms. The van der Waals surface area contributed by atoms with Gasteiger partial charge in [-0.2, -0.15) is 0 Å². The maximum atomic E-state index is 2.40. The van der Waals surface area contributed by atoms with Crippen LogP contribution in [0.1, 0.15) is 0 Å². The summed E-state index contributed by atoms with van der Waals surface area (Å²) in [6.07, 6.45) is 6.13. The third-order valence-corrected chi connectivity index (χ3v) is 8.25. The Kier molecular flexibility index (Phi) is 65.3. The second-order valence-electron chi connectivity index (χ2n) is 5.83. The molecule has 0 rings (SSSR count). The minimum absolute atomic E-state index is 0. The fourth-order valence-corrected chi connectivity index (χ4v) is 9.00. The molecule has 116 valence electrons. The molecule has 0 aromatic carbocycles. The molecule has 0 spiro atoms. The van der Waals surface area contributed by atoms with Crippen molar-refractivity contribution in [2.24, 2.45) is 0 Å². The average molecular weight is 580 g/mol. The maximum absolute atomic E-state index is 2.40. The smallest absolute Gasteiger partial charge is 0.00165 e. The van der Waals surface area contributed by atoms with Gasteiger partial charge in [0.2, 0.25) is 0 Å². The first kappa shape index (κ1) is 44.1. The summed E-state index contributed by atoms with van der Waals surface area (Å²) in [7, 11) is 0.383. The summed E-state index contributed by atoms with van der Waals surface area (Å²) in [4.78, 5) is 0. The Labute approximate surface area is 181 Å². The zero-order chi connectivity index (χ0) is 13.1. The van der Waals surface area contributed by atoms with Crippen LogP contribution in [0.5, 0.6) is 0 Å². The van der Waals surface area contributed by atoms with Crippen molar-refractivity contribution in [1.82, 2.24) is 0 Å². The van der Waals surface area contributed by atoms with Crippen LogP contribution < -0.4 is 0 Å². The third kappa shape index (κ3) is 59.8. The van der Waals surface area contributed by atoms with Gasteiger partial charge in [-0.1, -0.05) is 0 Å². The molecule has 9 heteroatoms. The van der Waals surface area contributed by atoms with Crippen LogP contribution in [-0.4, -0.2) is 112 Å². The summed E-state index contributed by atoms with van der Waals surface area (Å²) in [6.45, 7) is 19.2. The molecule has 0 amide bonds. The quantitative estimate of drug-likeness (QED) is 0.335. The minimum atomic E-state index is 0. The Hall–Kier alpha value is 3.30. The van der Waals surface area contributed by atoms with Crippen molar-refractivity contribution in [3.63, 3.8) is 0 Å². The molecular weight excluding hydrogens is 543 g/mol. The van der Waals surface area contributed by atoms with Crippen molar-refractivity contribution in [2.75, 3.05) is 78.0 Å². The SMILES string of the molecule is C[PH+](C)CC[PH+](C)C.C[PH+](C)CC[PH+](C)C.[B].[B].[B].[B].[Th].